The largest absolute Gasteiger partial charge is 0.376 e. The van der Waals surface area contributed by atoms with Crippen LogP contribution >= 0.6 is 0 Å². The van der Waals surface area contributed by atoms with E-state index >= 15 is 0 Å². The molecule has 100 valence electrons. The molecule has 4 rings (SSSR count). The highest BCUT2D eigenvalue weighted by molar-refractivity contribution is 5.54. The van der Waals surface area contributed by atoms with Gasteiger partial charge in [-0.05, 0) is 61.6 Å². The minimum Gasteiger partial charge on any atom is -0.376 e. The van der Waals surface area contributed by atoms with Gasteiger partial charge in [0.25, 0.3) is 0 Å². The van der Waals surface area contributed by atoms with E-state index in [9.17, 15) is 0 Å². The summed E-state index contributed by atoms with van der Waals surface area (Å²) < 4.78 is 0. The number of hydrogen-bond acceptors (Lipinski definition) is 1. The third-order valence-electron chi connectivity index (χ3n) is 5.78. The number of benzene rings is 1. The van der Waals surface area contributed by atoms with Crippen LogP contribution in [0.15, 0.2) is 41.5 Å². The van der Waals surface area contributed by atoms with Crippen LogP contribution in [-0.4, -0.2) is 5.54 Å². The minimum atomic E-state index is 0.321. The van der Waals surface area contributed by atoms with E-state index in [1.807, 2.05) is 5.57 Å². The standard InChI is InChI=1S/C18H23N/c1-13-9-10-17-16(13)12-14-6-5-11-18(14,17)19-15-7-3-2-4-8-15/h2-4,7-8,13-14,19H,5-6,9-12H2,1H3/t13-,14-,18+/m1/s1. The van der Waals surface area contributed by atoms with Gasteiger partial charge in [0.15, 0.2) is 0 Å². The first-order valence-electron chi connectivity index (χ1n) is 7.85. The molecule has 0 heterocycles. The summed E-state index contributed by atoms with van der Waals surface area (Å²) in [7, 11) is 0. The lowest BCUT2D eigenvalue weighted by atomic mass is 9.83. The van der Waals surface area contributed by atoms with E-state index in [-0.39, 0.29) is 0 Å². The fourth-order valence-electron chi connectivity index (χ4n) is 4.86. The normalized spacial score (nSPS) is 36.5. The van der Waals surface area contributed by atoms with Crippen LogP contribution in [0.25, 0.3) is 0 Å². The predicted octanol–water partition coefficient (Wildman–Crippen LogP) is 4.77. The Labute approximate surface area is 116 Å². The second kappa shape index (κ2) is 4.13. The molecule has 0 spiro atoms. The lowest BCUT2D eigenvalue weighted by Crippen LogP contribution is -2.40. The molecule has 0 saturated heterocycles. The zero-order valence-corrected chi connectivity index (χ0v) is 11.8. The second-order valence-electron chi connectivity index (χ2n) is 6.70. The van der Waals surface area contributed by atoms with E-state index in [4.69, 9.17) is 0 Å². The van der Waals surface area contributed by atoms with Crippen LogP contribution in [0.5, 0.6) is 0 Å². The van der Waals surface area contributed by atoms with Crippen molar-refractivity contribution in [2.75, 3.05) is 5.32 Å². The van der Waals surface area contributed by atoms with Crippen LogP contribution in [0.4, 0.5) is 5.69 Å². The SMILES string of the molecule is C[C@@H]1CCC2=C1C[C@H]1CCC[C@@]21Nc1ccccc1. The summed E-state index contributed by atoms with van der Waals surface area (Å²) in [6.07, 6.45) is 8.26. The molecule has 1 aromatic rings. The van der Waals surface area contributed by atoms with Gasteiger partial charge in [0.2, 0.25) is 0 Å². The molecule has 1 saturated carbocycles. The first-order valence-corrected chi connectivity index (χ1v) is 7.85. The first-order chi connectivity index (χ1) is 9.29. The van der Waals surface area contributed by atoms with Gasteiger partial charge in [0, 0.05) is 5.69 Å². The Hall–Kier alpha value is -1.24. The van der Waals surface area contributed by atoms with Crippen LogP contribution < -0.4 is 5.32 Å². The Morgan fingerprint density at radius 3 is 2.84 bits per heavy atom. The Morgan fingerprint density at radius 1 is 1.16 bits per heavy atom. The molecule has 19 heavy (non-hydrogen) atoms. The number of rotatable bonds is 2. The average molecular weight is 253 g/mol. The van der Waals surface area contributed by atoms with Gasteiger partial charge in [-0.25, -0.2) is 0 Å². The summed E-state index contributed by atoms with van der Waals surface area (Å²) in [6.45, 7) is 2.43. The summed E-state index contributed by atoms with van der Waals surface area (Å²) in [5, 5.41) is 3.95. The van der Waals surface area contributed by atoms with E-state index in [1.165, 1.54) is 44.2 Å². The van der Waals surface area contributed by atoms with E-state index < -0.39 is 0 Å². The third kappa shape index (κ3) is 1.60. The van der Waals surface area contributed by atoms with E-state index in [0.717, 1.165) is 11.8 Å². The van der Waals surface area contributed by atoms with Crippen molar-refractivity contribution in [2.24, 2.45) is 11.8 Å². The van der Waals surface area contributed by atoms with Gasteiger partial charge in [-0.1, -0.05) is 37.1 Å². The fourth-order valence-corrected chi connectivity index (χ4v) is 4.86. The maximum atomic E-state index is 3.95. The highest BCUT2D eigenvalue weighted by Crippen LogP contribution is 2.58. The molecule has 1 nitrogen and oxygen atoms in total. The Morgan fingerprint density at radius 2 is 2.00 bits per heavy atom. The van der Waals surface area contributed by atoms with Gasteiger partial charge in [0.1, 0.15) is 0 Å². The minimum absolute atomic E-state index is 0.321. The molecule has 3 aliphatic rings. The lowest BCUT2D eigenvalue weighted by molar-refractivity contribution is 0.407. The van der Waals surface area contributed by atoms with Gasteiger partial charge in [-0.15, -0.1) is 0 Å². The van der Waals surface area contributed by atoms with Gasteiger partial charge >= 0.3 is 0 Å². The molecule has 0 unspecified atom stereocenters. The molecule has 0 aliphatic heterocycles. The Balaban J connectivity index is 1.72. The molecule has 1 fully saturated rings. The summed E-state index contributed by atoms with van der Waals surface area (Å²) >= 11 is 0. The molecule has 1 N–H and O–H groups in total. The number of allylic oxidation sites excluding steroid dienone is 1. The molecule has 0 aromatic heterocycles. The smallest absolute Gasteiger partial charge is 0.0619 e. The van der Waals surface area contributed by atoms with Crippen molar-refractivity contribution in [3.8, 4) is 0 Å². The van der Waals surface area contributed by atoms with E-state index in [2.05, 4.69) is 42.6 Å². The highest BCUT2D eigenvalue weighted by atomic mass is 15.0. The van der Waals surface area contributed by atoms with Crippen LogP contribution in [-0.2, 0) is 0 Å². The van der Waals surface area contributed by atoms with Crippen molar-refractivity contribution in [1.29, 1.82) is 0 Å². The molecule has 1 aromatic carbocycles. The monoisotopic (exact) mass is 253 g/mol. The Kier molecular flexibility index (Phi) is 2.51. The molecule has 0 bridgehead atoms. The summed E-state index contributed by atoms with van der Waals surface area (Å²) in [5.41, 5.74) is 5.24. The number of nitrogens with one attached hydrogen (secondary N) is 1. The van der Waals surface area contributed by atoms with Crippen LogP contribution in [0, 0.1) is 11.8 Å². The highest BCUT2D eigenvalue weighted by Gasteiger charge is 2.52. The summed E-state index contributed by atoms with van der Waals surface area (Å²) in [5.74, 6) is 1.70. The molecular formula is C18H23N. The van der Waals surface area contributed by atoms with Crippen molar-refractivity contribution in [3.05, 3.63) is 41.5 Å². The van der Waals surface area contributed by atoms with Crippen molar-refractivity contribution in [1.82, 2.24) is 0 Å². The Bertz CT molecular complexity index is 516. The third-order valence-corrected chi connectivity index (χ3v) is 5.78. The van der Waals surface area contributed by atoms with Gasteiger partial charge in [-0.3, -0.25) is 0 Å². The van der Waals surface area contributed by atoms with Crippen LogP contribution in [0.3, 0.4) is 0 Å². The maximum absolute atomic E-state index is 3.95. The molecule has 1 heteroatoms. The van der Waals surface area contributed by atoms with Crippen LogP contribution in [0.2, 0.25) is 0 Å². The van der Waals surface area contributed by atoms with Gasteiger partial charge in [0.05, 0.1) is 5.54 Å². The van der Waals surface area contributed by atoms with Gasteiger partial charge in [-0.2, -0.15) is 0 Å². The topological polar surface area (TPSA) is 12.0 Å². The fraction of sp³-hybridized carbons (Fsp3) is 0.556. The molecule has 3 atom stereocenters. The average Bonchev–Trinajstić information content (AvgIpc) is 3.04. The van der Waals surface area contributed by atoms with Crippen molar-refractivity contribution in [2.45, 2.75) is 51.0 Å². The first kappa shape index (κ1) is 11.6. The van der Waals surface area contributed by atoms with Crippen LogP contribution in [0.1, 0.15) is 45.4 Å². The lowest BCUT2D eigenvalue weighted by Gasteiger charge is -2.35. The zero-order valence-electron chi connectivity index (χ0n) is 11.8. The summed E-state index contributed by atoms with van der Waals surface area (Å²) in [6, 6.07) is 10.8. The van der Waals surface area contributed by atoms with E-state index in [1.54, 1.807) is 5.57 Å². The molecule has 0 radical (unpaired) electrons. The van der Waals surface area contributed by atoms with Gasteiger partial charge < -0.3 is 5.32 Å². The van der Waals surface area contributed by atoms with E-state index in [0.29, 0.717) is 5.54 Å². The molecule has 0 amide bonds. The summed E-state index contributed by atoms with van der Waals surface area (Å²) in [4.78, 5) is 0. The molecular weight excluding hydrogens is 230 g/mol. The number of hydrogen-bond donors (Lipinski definition) is 1. The predicted molar refractivity (Wildman–Crippen MR) is 80.2 cm³/mol. The number of para-hydroxylation sites is 1. The second-order valence-corrected chi connectivity index (χ2v) is 6.70. The number of anilines is 1. The van der Waals surface area contributed by atoms with Crippen molar-refractivity contribution < 1.29 is 0 Å². The van der Waals surface area contributed by atoms with Crippen molar-refractivity contribution >= 4 is 5.69 Å². The molecule has 3 aliphatic carbocycles. The quantitative estimate of drug-likeness (QED) is 0.749. The maximum Gasteiger partial charge on any atom is 0.0619 e. The van der Waals surface area contributed by atoms with Crippen molar-refractivity contribution in [3.63, 3.8) is 0 Å². The zero-order chi connectivity index (χ0) is 12.9. The number of fused-ring (bicyclic) bond motifs is 2.